The third-order valence-corrected chi connectivity index (χ3v) is 5.16. The van der Waals surface area contributed by atoms with Crippen molar-refractivity contribution < 1.29 is 19.5 Å². The van der Waals surface area contributed by atoms with Crippen molar-refractivity contribution >= 4 is 59.6 Å². The Hall–Kier alpha value is -0.162. The number of hydrogen-bond donors (Lipinski definition) is 0. The van der Waals surface area contributed by atoms with Crippen LogP contribution >= 0.6 is 52.5 Å². The minimum Gasteiger partial charge on any atom is -0.328 e. The van der Waals surface area contributed by atoms with Crippen LogP contribution in [0, 0.1) is 14.3 Å². The Kier molecular flexibility index (Phi) is 14.1. The molecule has 0 bridgehead atoms. The molecule has 3 heterocycles. The fourth-order valence-corrected chi connectivity index (χ4v) is 3.02. The Morgan fingerprint density at radius 3 is 0.871 bits per heavy atom. The van der Waals surface area contributed by atoms with Gasteiger partial charge >= 0.3 is 7.12 Å². The zero-order valence-corrected chi connectivity index (χ0v) is 25.6. The second kappa shape index (κ2) is 14.2. The van der Waals surface area contributed by atoms with Crippen molar-refractivity contribution in [2.45, 2.75) is 0 Å². The van der Waals surface area contributed by atoms with Crippen LogP contribution in [-0.4, -0.2) is 74.2 Å². The van der Waals surface area contributed by atoms with Crippen LogP contribution in [-0.2, 0) is 40.6 Å². The summed E-state index contributed by atoms with van der Waals surface area (Å²) in [5, 5.41) is 0. The van der Waals surface area contributed by atoms with Crippen LogP contribution < -0.4 is 0 Å². The van der Waals surface area contributed by atoms with Crippen LogP contribution in [0.4, 0.5) is 0 Å². The normalized spacial score (nSPS) is 10.2. The van der Waals surface area contributed by atoms with E-state index in [0.29, 0.717) is 30.2 Å². The Morgan fingerprint density at radius 1 is 0.548 bits per heavy atom. The van der Waals surface area contributed by atoms with Gasteiger partial charge in [0.25, 0.3) is 0 Å². The molecule has 0 aliphatic heterocycles. The molecule has 0 saturated carbocycles. The van der Waals surface area contributed by atoms with E-state index in [9.17, 15) is 0 Å². The van der Waals surface area contributed by atoms with Gasteiger partial charge in [-0.3, -0.25) is 0 Å². The summed E-state index contributed by atoms with van der Waals surface area (Å²) in [6, 6.07) is 0. The predicted octanol–water partition coefficient (Wildman–Crippen LogP) is 4.94. The van der Waals surface area contributed by atoms with Crippen LogP contribution in [0.5, 0.6) is 0 Å². The van der Waals surface area contributed by atoms with Gasteiger partial charge in [0, 0.05) is 77.8 Å². The maximum Gasteiger partial charge on any atom is 0.523 e. The molecule has 175 valence electrons. The molecule has 0 fully saturated rings. The molecule has 3 rings (SSSR count). The Labute approximate surface area is 217 Å². The van der Waals surface area contributed by atoms with E-state index in [1.165, 1.54) is 0 Å². The third-order valence-electron chi connectivity index (χ3n) is 3.67. The van der Waals surface area contributed by atoms with Gasteiger partial charge in [-0.05, 0) is 76.6 Å². The molecular weight excluding hydrogens is 572 g/mol. The van der Waals surface area contributed by atoms with Crippen molar-refractivity contribution in [3.63, 3.8) is 0 Å². The van der Waals surface area contributed by atoms with Gasteiger partial charge in [-0.1, -0.05) is 0 Å². The van der Waals surface area contributed by atoms with Crippen molar-refractivity contribution in [3.05, 3.63) is 51.5 Å². The summed E-state index contributed by atoms with van der Waals surface area (Å²) in [5.74, 6) is 0. The first kappa shape index (κ1) is 30.8. The quantitative estimate of drug-likeness (QED) is 0.241. The largest absolute Gasteiger partial charge is 0.523 e. The molecule has 0 aliphatic carbocycles. The van der Waals surface area contributed by atoms with E-state index in [1.54, 1.807) is 0 Å². The molecule has 0 saturated heterocycles. The molecule has 31 heavy (non-hydrogen) atoms. The van der Waals surface area contributed by atoms with E-state index in [2.05, 4.69) is 40.0 Å². The number of imidazole rings is 3. The number of nitrogens with zero attached hydrogens (tertiary/aromatic N) is 6. The molecule has 0 N–H and O–H groups in total. The van der Waals surface area contributed by atoms with E-state index in [-0.39, 0.29) is 26.6 Å². The topological polar surface area (TPSA) is 29.6 Å². The van der Waals surface area contributed by atoms with E-state index in [1.807, 2.05) is 85.5 Å². The minimum atomic E-state index is -0.268. The second-order valence-corrected chi connectivity index (χ2v) is 14.3. The predicted molar refractivity (Wildman–Crippen MR) is 144 cm³/mol. The van der Waals surface area contributed by atoms with Crippen LogP contribution in [0.3, 0.4) is 0 Å². The Morgan fingerprint density at radius 2 is 0.742 bits per heavy atom. The van der Waals surface area contributed by atoms with E-state index >= 15 is 0 Å². The maximum absolute atomic E-state index is 5.52. The number of hydrogen-bond acceptors (Lipinski definition) is 3. The van der Waals surface area contributed by atoms with Gasteiger partial charge in [0.05, 0.1) is 0 Å². The van der Waals surface area contributed by atoms with Gasteiger partial charge in [-0.25, -0.2) is 0 Å². The molecule has 0 spiro atoms. The zero-order valence-electron chi connectivity index (χ0n) is 19.7. The number of aromatic nitrogens is 6. The number of rotatable bonds is 3. The minimum absolute atomic E-state index is 0. The van der Waals surface area contributed by atoms with Crippen LogP contribution in [0.25, 0.3) is 0 Å². The van der Waals surface area contributed by atoms with E-state index < -0.39 is 0 Å². The fraction of sp³-hybridized carbons (Fsp3) is 0.500. The first-order chi connectivity index (χ1) is 13.9. The Balaban J connectivity index is 0.000000867. The van der Waals surface area contributed by atoms with E-state index in [4.69, 9.17) is 36.7 Å². The molecular formula is C18H33BN6P2RhS3. The SMILES string of the molecule is CP(C)C.CP(C)C.Cn1ccn(B(n2ccn(C)c2=S)n2ccn(C)c2=S)c1=S.[Rh]. The van der Waals surface area contributed by atoms with Gasteiger partial charge in [0.1, 0.15) is 0 Å². The zero-order chi connectivity index (χ0) is 23.2. The summed E-state index contributed by atoms with van der Waals surface area (Å²) in [7, 11) is 6.25. The molecule has 0 aromatic carbocycles. The van der Waals surface area contributed by atoms with Crippen molar-refractivity contribution in [1.29, 1.82) is 0 Å². The molecule has 3 aromatic heterocycles. The maximum atomic E-state index is 5.52. The first-order valence-electron chi connectivity index (χ1n) is 9.30. The van der Waals surface area contributed by atoms with Gasteiger partial charge < -0.3 is 27.1 Å². The van der Waals surface area contributed by atoms with E-state index in [0.717, 1.165) is 0 Å². The van der Waals surface area contributed by atoms with Crippen molar-refractivity contribution in [2.75, 3.05) is 40.0 Å². The standard InChI is InChI=1S/C12H15BN6S3.2C3H9P.Rh/c1-14-4-7-17(10(14)20)13(18-8-5-15(2)11(18)21)19-9-6-16(3)12(19)22;2*1-4(2)3;/h4-9H,1-3H3;2*1-3H3;. The molecule has 0 aliphatic rings. The van der Waals surface area contributed by atoms with Crippen molar-refractivity contribution in [3.8, 4) is 0 Å². The second-order valence-electron chi connectivity index (χ2n) is 7.83. The molecule has 0 unspecified atom stereocenters. The molecule has 0 amide bonds. The average Bonchev–Trinajstić information content (AvgIpc) is 3.24. The summed E-state index contributed by atoms with van der Waals surface area (Å²) < 4.78 is 13.7. The molecule has 6 nitrogen and oxygen atoms in total. The Bertz CT molecular complexity index is 968. The van der Waals surface area contributed by atoms with Gasteiger partial charge in [0.2, 0.25) is 0 Å². The first-order valence-corrected chi connectivity index (χ1v) is 15.9. The number of aryl methyl sites for hydroxylation is 3. The summed E-state index contributed by atoms with van der Waals surface area (Å²) in [6.07, 6.45) is 11.6. The van der Waals surface area contributed by atoms with Crippen molar-refractivity contribution in [2.24, 2.45) is 21.1 Å². The molecule has 3 aromatic rings. The average molecular weight is 605 g/mol. The summed E-state index contributed by atoms with van der Waals surface area (Å²) in [4.78, 5) is 0. The molecule has 13 heteroatoms. The van der Waals surface area contributed by atoms with Gasteiger partial charge in [0.15, 0.2) is 14.3 Å². The summed E-state index contributed by atoms with van der Waals surface area (Å²) in [6.45, 7) is 13.4. The van der Waals surface area contributed by atoms with Crippen LogP contribution in [0.1, 0.15) is 0 Å². The third kappa shape index (κ3) is 8.95. The molecule has 0 atom stereocenters. The van der Waals surface area contributed by atoms with Gasteiger partial charge in [-0.2, -0.15) is 0 Å². The summed E-state index contributed by atoms with van der Waals surface area (Å²) in [5.41, 5.74) is 0. The molecule has 1 radical (unpaired) electrons. The summed E-state index contributed by atoms with van der Waals surface area (Å²) >= 11 is 16.6. The monoisotopic (exact) mass is 605 g/mol. The van der Waals surface area contributed by atoms with Crippen LogP contribution in [0.15, 0.2) is 37.2 Å². The smallest absolute Gasteiger partial charge is 0.328 e. The van der Waals surface area contributed by atoms with Crippen LogP contribution in [0.2, 0.25) is 0 Å². The fourth-order valence-electron chi connectivity index (χ4n) is 2.37. The van der Waals surface area contributed by atoms with Crippen molar-refractivity contribution in [1.82, 2.24) is 27.1 Å². The van der Waals surface area contributed by atoms with Gasteiger partial charge in [-0.15, -0.1) is 15.8 Å².